The number of aliphatic hydroxyl groups excluding tert-OH is 2. The van der Waals surface area contributed by atoms with Gasteiger partial charge in [-0.3, -0.25) is 4.55 Å². The topological polar surface area (TPSA) is 113 Å². The highest BCUT2D eigenvalue weighted by Gasteiger charge is 2.44. The molecule has 4 unspecified atom stereocenters. The van der Waals surface area contributed by atoms with E-state index in [0.29, 0.717) is 0 Å². The Morgan fingerprint density at radius 1 is 1.36 bits per heavy atom. The molecule has 8 heteroatoms. The zero-order chi connectivity index (χ0) is 10.9. The Labute approximate surface area is 81.0 Å². The predicted octanol–water partition coefficient (Wildman–Crippen LogP) is -2.03. The van der Waals surface area contributed by atoms with Gasteiger partial charge < -0.3 is 19.7 Å². The fourth-order valence-electron chi connectivity index (χ4n) is 1.25. The first-order valence-corrected chi connectivity index (χ1v) is 5.45. The van der Waals surface area contributed by atoms with Crippen LogP contribution in [0.25, 0.3) is 0 Å². The van der Waals surface area contributed by atoms with E-state index in [0.717, 1.165) is 0 Å². The molecule has 1 fully saturated rings. The number of aliphatic hydroxyl groups is 2. The van der Waals surface area contributed by atoms with Crippen LogP contribution in [-0.2, 0) is 19.6 Å². The van der Waals surface area contributed by atoms with Gasteiger partial charge in [-0.2, -0.15) is 8.42 Å². The molecular weight excluding hydrogens is 216 g/mol. The average molecular weight is 228 g/mol. The minimum atomic E-state index is -4.25. The summed E-state index contributed by atoms with van der Waals surface area (Å²) in [5.41, 5.74) is 0. The summed E-state index contributed by atoms with van der Waals surface area (Å²) in [6, 6.07) is 0. The van der Waals surface area contributed by atoms with Gasteiger partial charge in [0, 0.05) is 7.11 Å². The van der Waals surface area contributed by atoms with Crippen molar-refractivity contribution in [1.29, 1.82) is 0 Å². The molecule has 7 nitrogen and oxygen atoms in total. The summed E-state index contributed by atoms with van der Waals surface area (Å²) in [5, 5.41) is 18.5. The first-order valence-electron chi connectivity index (χ1n) is 3.84. The van der Waals surface area contributed by atoms with Crippen LogP contribution in [-0.4, -0.2) is 60.6 Å². The van der Waals surface area contributed by atoms with Crippen molar-refractivity contribution in [2.45, 2.75) is 24.6 Å². The van der Waals surface area contributed by atoms with Crippen LogP contribution in [0.2, 0.25) is 0 Å². The van der Waals surface area contributed by atoms with Gasteiger partial charge in [0.05, 0.1) is 0 Å². The average Bonchev–Trinajstić information content (AvgIpc) is 2.30. The number of hydrogen-bond donors (Lipinski definition) is 3. The summed E-state index contributed by atoms with van der Waals surface area (Å²) >= 11 is 0. The molecule has 1 saturated heterocycles. The lowest BCUT2D eigenvalue weighted by atomic mass is 10.2. The lowest BCUT2D eigenvalue weighted by molar-refractivity contribution is -0.145. The molecule has 1 aliphatic rings. The highest BCUT2D eigenvalue weighted by molar-refractivity contribution is 7.85. The molecule has 1 heterocycles. The van der Waals surface area contributed by atoms with Crippen LogP contribution >= 0.6 is 0 Å². The van der Waals surface area contributed by atoms with E-state index in [1.54, 1.807) is 0 Å². The maximum absolute atomic E-state index is 10.5. The second-order valence-electron chi connectivity index (χ2n) is 3.01. The van der Waals surface area contributed by atoms with E-state index >= 15 is 0 Å². The van der Waals surface area contributed by atoms with E-state index in [1.165, 1.54) is 7.11 Å². The Balaban J connectivity index is 2.66. The van der Waals surface area contributed by atoms with Crippen LogP contribution in [0.5, 0.6) is 0 Å². The van der Waals surface area contributed by atoms with Crippen LogP contribution in [0.1, 0.15) is 0 Å². The Bertz CT molecular complexity index is 287. The third-order valence-electron chi connectivity index (χ3n) is 1.93. The molecule has 0 saturated carbocycles. The number of ether oxygens (including phenoxy) is 2. The molecule has 0 spiro atoms. The molecule has 1 rings (SSSR count). The number of hydrogen-bond acceptors (Lipinski definition) is 6. The monoisotopic (exact) mass is 228 g/mol. The SMILES string of the molecule is COC1OC(CS(=O)(=O)O)C(O)C1O. The fourth-order valence-corrected chi connectivity index (χ4v) is 1.95. The molecule has 0 amide bonds. The van der Waals surface area contributed by atoms with Gasteiger partial charge >= 0.3 is 0 Å². The van der Waals surface area contributed by atoms with Crippen molar-refractivity contribution < 1.29 is 32.7 Å². The summed E-state index contributed by atoms with van der Waals surface area (Å²) in [5.74, 6) is -0.773. The third-order valence-corrected chi connectivity index (χ3v) is 2.68. The van der Waals surface area contributed by atoms with Crippen LogP contribution in [0.3, 0.4) is 0 Å². The molecule has 0 aromatic carbocycles. The van der Waals surface area contributed by atoms with Gasteiger partial charge in [-0.15, -0.1) is 0 Å². The molecule has 84 valence electrons. The zero-order valence-corrected chi connectivity index (χ0v) is 8.22. The summed E-state index contributed by atoms with van der Waals surface area (Å²) in [6.07, 6.45) is -4.95. The Morgan fingerprint density at radius 2 is 1.93 bits per heavy atom. The first-order chi connectivity index (χ1) is 6.35. The number of rotatable bonds is 3. The standard InChI is InChI=1S/C6H12O7S/c1-12-6-5(8)4(7)3(13-6)2-14(9,10)11/h3-8H,2H2,1H3,(H,9,10,11). The van der Waals surface area contributed by atoms with E-state index in [9.17, 15) is 18.6 Å². The van der Waals surface area contributed by atoms with Crippen LogP contribution in [0.4, 0.5) is 0 Å². The Morgan fingerprint density at radius 3 is 2.29 bits per heavy atom. The fraction of sp³-hybridized carbons (Fsp3) is 1.00. The molecule has 1 aliphatic heterocycles. The van der Waals surface area contributed by atoms with Crippen molar-refractivity contribution in [2.75, 3.05) is 12.9 Å². The third kappa shape index (κ3) is 2.62. The Hall–Kier alpha value is -0.250. The molecule has 0 radical (unpaired) electrons. The van der Waals surface area contributed by atoms with Crippen molar-refractivity contribution >= 4 is 10.1 Å². The second kappa shape index (κ2) is 4.09. The first kappa shape index (κ1) is 11.8. The molecule has 0 aromatic rings. The van der Waals surface area contributed by atoms with Gasteiger partial charge in [0.25, 0.3) is 10.1 Å². The largest absolute Gasteiger partial charge is 0.387 e. The normalized spacial score (nSPS) is 38.9. The molecule has 0 bridgehead atoms. The van der Waals surface area contributed by atoms with Gasteiger partial charge in [-0.05, 0) is 0 Å². The molecular formula is C6H12O7S. The summed E-state index contributed by atoms with van der Waals surface area (Å²) in [4.78, 5) is 0. The molecule has 14 heavy (non-hydrogen) atoms. The van der Waals surface area contributed by atoms with Crippen molar-refractivity contribution in [3.05, 3.63) is 0 Å². The van der Waals surface area contributed by atoms with Crippen LogP contribution in [0, 0.1) is 0 Å². The summed E-state index contributed by atoms with van der Waals surface area (Å²) < 4.78 is 38.9. The summed E-state index contributed by atoms with van der Waals surface area (Å²) in [7, 11) is -3.00. The quantitative estimate of drug-likeness (QED) is 0.477. The minimum absolute atomic E-state index is 0.773. The molecule has 4 atom stereocenters. The van der Waals surface area contributed by atoms with E-state index < -0.39 is 40.5 Å². The van der Waals surface area contributed by atoms with Gasteiger partial charge in [0.1, 0.15) is 24.1 Å². The molecule has 0 aliphatic carbocycles. The second-order valence-corrected chi connectivity index (χ2v) is 4.51. The van der Waals surface area contributed by atoms with Gasteiger partial charge in [-0.1, -0.05) is 0 Å². The van der Waals surface area contributed by atoms with Gasteiger partial charge in [0.2, 0.25) is 0 Å². The smallest absolute Gasteiger partial charge is 0.267 e. The number of methoxy groups -OCH3 is 1. The van der Waals surface area contributed by atoms with Crippen molar-refractivity contribution in [3.8, 4) is 0 Å². The Kier molecular flexibility index (Phi) is 3.45. The minimum Gasteiger partial charge on any atom is -0.387 e. The van der Waals surface area contributed by atoms with Crippen molar-refractivity contribution in [3.63, 3.8) is 0 Å². The highest BCUT2D eigenvalue weighted by Crippen LogP contribution is 2.22. The predicted molar refractivity (Wildman–Crippen MR) is 44.1 cm³/mol. The van der Waals surface area contributed by atoms with E-state index in [1.807, 2.05) is 0 Å². The van der Waals surface area contributed by atoms with Gasteiger partial charge in [-0.25, -0.2) is 0 Å². The van der Waals surface area contributed by atoms with E-state index in [4.69, 9.17) is 9.29 Å². The lowest BCUT2D eigenvalue weighted by Gasteiger charge is -2.11. The maximum atomic E-state index is 10.5. The van der Waals surface area contributed by atoms with Gasteiger partial charge in [0.15, 0.2) is 6.29 Å². The van der Waals surface area contributed by atoms with Crippen molar-refractivity contribution in [2.24, 2.45) is 0 Å². The lowest BCUT2D eigenvalue weighted by Crippen LogP contribution is -2.35. The molecule has 0 aromatic heterocycles. The highest BCUT2D eigenvalue weighted by atomic mass is 32.2. The molecule has 3 N–H and O–H groups in total. The summed E-state index contributed by atoms with van der Waals surface area (Å²) in [6.45, 7) is 0. The van der Waals surface area contributed by atoms with Crippen LogP contribution < -0.4 is 0 Å². The van der Waals surface area contributed by atoms with Crippen molar-refractivity contribution in [1.82, 2.24) is 0 Å². The zero-order valence-electron chi connectivity index (χ0n) is 7.40. The maximum Gasteiger partial charge on any atom is 0.267 e. The van der Waals surface area contributed by atoms with E-state index in [2.05, 4.69) is 4.74 Å². The van der Waals surface area contributed by atoms with E-state index in [-0.39, 0.29) is 0 Å². The van der Waals surface area contributed by atoms with Crippen LogP contribution in [0.15, 0.2) is 0 Å².